The Balaban J connectivity index is 2.41. The van der Waals surface area contributed by atoms with E-state index in [2.05, 4.69) is 29.3 Å². The highest BCUT2D eigenvalue weighted by Crippen LogP contribution is 2.22. The van der Waals surface area contributed by atoms with Gasteiger partial charge in [0.15, 0.2) is 0 Å². The highest BCUT2D eigenvalue weighted by molar-refractivity contribution is 4.77. The van der Waals surface area contributed by atoms with Gasteiger partial charge in [0.2, 0.25) is 0 Å². The maximum Gasteiger partial charge on any atom is 0.0733 e. The Morgan fingerprint density at radius 2 is 2.23 bits per heavy atom. The normalized spacial score (nSPS) is 30.7. The van der Waals surface area contributed by atoms with E-state index in [9.17, 15) is 0 Å². The molecule has 2 atom stereocenters. The smallest absolute Gasteiger partial charge is 0.0733 e. The first kappa shape index (κ1) is 10.9. The van der Waals surface area contributed by atoms with E-state index in [1.807, 2.05) is 0 Å². The highest BCUT2D eigenvalue weighted by Gasteiger charge is 2.26. The molecule has 78 valence electrons. The first-order valence-electron chi connectivity index (χ1n) is 5.03. The first-order valence-corrected chi connectivity index (χ1v) is 5.03. The van der Waals surface area contributed by atoms with Gasteiger partial charge in [-0.05, 0) is 26.2 Å². The molecule has 0 aliphatic carbocycles. The van der Waals surface area contributed by atoms with E-state index >= 15 is 0 Å². The van der Waals surface area contributed by atoms with Gasteiger partial charge in [-0.3, -0.25) is 0 Å². The molecule has 0 amide bonds. The summed E-state index contributed by atoms with van der Waals surface area (Å²) in [4.78, 5) is 9.28. The Hall–Kier alpha value is -0.160. The zero-order chi connectivity index (χ0) is 9.68. The molecule has 1 fully saturated rings. The maximum atomic E-state index is 4.75. The summed E-state index contributed by atoms with van der Waals surface area (Å²) in [5, 5.41) is 2.15. The fraction of sp³-hybridized carbons (Fsp3) is 1.00. The third-order valence-corrected chi connectivity index (χ3v) is 2.72. The third-order valence-electron chi connectivity index (χ3n) is 2.72. The molecule has 1 rings (SSSR count). The molecule has 0 aromatic rings. The van der Waals surface area contributed by atoms with Crippen molar-refractivity contribution in [3.8, 4) is 0 Å². The maximum absolute atomic E-state index is 4.75. The minimum Gasteiger partial charge on any atom is -0.220 e. The van der Waals surface area contributed by atoms with Crippen LogP contribution in [0.4, 0.5) is 0 Å². The molecule has 4 heteroatoms. The summed E-state index contributed by atoms with van der Waals surface area (Å²) in [7, 11) is 1.50. The van der Waals surface area contributed by atoms with Crippen molar-refractivity contribution in [2.75, 3.05) is 7.11 Å². The van der Waals surface area contributed by atoms with Crippen molar-refractivity contribution in [1.82, 2.24) is 10.6 Å². The fourth-order valence-electron chi connectivity index (χ4n) is 1.93. The predicted octanol–water partition coefficient (Wildman–Crippen LogP) is 1.64. The quantitative estimate of drug-likeness (QED) is 0.537. The van der Waals surface area contributed by atoms with Crippen LogP contribution in [0.1, 0.15) is 39.5 Å². The Morgan fingerprint density at radius 3 is 2.85 bits per heavy atom. The van der Waals surface area contributed by atoms with Gasteiger partial charge < -0.3 is 0 Å². The largest absolute Gasteiger partial charge is 0.220 e. The zero-order valence-corrected chi connectivity index (χ0v) is 8.75. The second kappa shape index (κ2) is 5.54. The van der Waals surface area contributed by atoms with E-state index in [4.69, 9.17) is 4.99 Å². The third kappa shape index (κ3) is 2.91. The van der Waals surface area contributed by atoms with Gasteiger partial charge >= 0.3 is 0 Å². The number of nitrogens with one attached hydrogen (secondary N) is 1. The number of hydrogen-bond donors (Lipinski definition) is 1. The van der Waals surface area contributed by atoms with Gasteiger partial charge in [-0.1, -0.05) is 13.3 Å². The molecule has 0 bridgehead atoms. The van der Waals surface area contributed by atoms with E-state index in [0.717, 1.165) is 6.42 Å². The minimum atomic E-state index is 0.522. The molecule has 0 radical (unpaired) electrons. The number of nitrogens with zero attached hydrogens (tertiary/aromatic N) is 1. The van der Waals surface area contributed by atoms with Crippen LogP contribution in [-0.4, -0.2) is 24.2 Å². The summed E-state index contributed by atoms with van der Waals surface area (Å²) in [6, 6.07) is 1.09. The summed E-state index contributed by atoms with van der Waals surface area (Å²) in [6.07, 6.45) is 4.91. The Morgan fingerprint density at radius 1 is 1.46 bits per heavy atom. The van der Waals surface area contributed by atoms with Gasteiger partial charge in [0.25, 0.3) is 0 Å². The predicted molar refractivity (Wildman–Crippen MR) is 50.5 cm³/mol. The lowest BCUT2D eigenvalue weighted by molar-refractivity contribution is -0.363. The molecule has 2 unspecified atom stereocenters. The highest BCUT2D eigenvalue weighted by atomic mass is 17.3. The first-order chi connectivity index (χ1) is 6.29. The van der Waals surface area contributed by atoms with Gasteiger partial charge in [-0.25, -0.2) is 9.90 Å². The van der Waals surface area contributed by atoms with Crippen molar-refractivity contribution < 1.29 is 9.88 Å². The van der Waals surface area contributed by atoms with Crippen LogP contribution in [0.15, 0.2) is 0 Å². The number of rotatable bonds is 4. The Kier molecular flexibility index (Phi) is 4.66. The van der Waals surface area contributed by atoms with Gasteiger partial charge in [-0.2, -0.15) is 0 Å². The molecular weight excluding hydrogens is 168 g/mol. The van der Waals surface area contributed by atoms with Crippen molar-refractivity contribution in [2.45, 2.75) is 51.6 Å². The summed E-state index contributed by atoms with van der Waals surface area (Å²) in [5.41, 5.74) is 2.83. The van der Waals surface area contributed by atoms with Crippen LogP contribution in [0.2, 0.25) is 0 Å². The molecular formula is C9H20N2O2. The van der Waals surface area contributed by atoms with Crippen molar-refractivity contribution in [2.24, 2.45) is 0 Å². The SMILES string of the molecule is CCC1CCCC(C)N1NOOC. The van der Waals surface area contributed by atoms with Crippen LogP contribution in [0.3, 0.4) is 0 Å². The molecule has 4 nitrogen and oxygen atoms in total. The van der Waals surface area contributed by atoms with E-state index in [1.54, 1.807) is 0 Å². The number of hydrogen-bond acceptors (Lipinski definition) is 4. The molecule has 0 saturated carbocycles. The van der Waals surface area contributed by atoms with E-state index in [-0.39, 0.29) is 0 Å². The lowest BCUT2D eigenvalue weighted by Gasteiger charge is -2.38. The van der Waals surface area contributed by atoms with Gasteiger partial charge in [0.05, 0.1) is 7.11 Å². The molecule has 0 aromatic heterocycles. The van der Waals surface area contributed by atoms with Crippen LogP contribution in [0, 0.1) is 0 Å². The minimum absolute atomic E-state index is 0.522. The van der Waals surface area contributed by atoms with E-state index in [1.165, 1.54) is 26.4 Å². The van der Waals surface area contributed by atoms with E-state index < -0.39 is 0 Å². The molecule has 1 aliphatic heterocycles. The number of piperidine rings is 1. The lowest BCUT2D eigenvalue weighted by atomic mass is 9.97. The van der Waals surface area contributed by atoms with Gasteiger partial charge in [-0.15, -0.1) is 10.6 Å². The monoisotopic (exact) mass is 188 g/mol. The molecule has 1 aliphatic rings. The van der Waals surface area contributed by atoms with Crippen LogP contribution in [0.25, 0.3) is 0 Å². The van der Waals surface area contributed by atoms with Crippen LogP contribution >= 0.6 is 0 Å². The van der Waals surface area contributed by atoms with Gasteiger partial charge in [0, 0.05) is 12.1 Å². The fourth-order valence-corrected chi connectivity index (χ4v) is 1.93. The molecule has 1 saturated heterocycles. The summed E-state index contributed by atoms with van der Waals surface area (Å²) in [5.74, 6) is 0. The molecule has 1 heterocycles. The van der Waals surface area contributed by atoms with Crippen molar-refractivity contribution in [3.63, 3.8) is 0 Å². The number of hydrazine groups is 1. The van der Waals surface area contributed by atoms with Crippen molar-refractivity contribution in [1.29, 1.82) is 0 Å². The standard InChI is InChI=1S/C9H20N2O2/c1-4-9-7-5-6-8(2)11(9)10-13-12-3/h8-10H,4-7H2,1-3H3. The molecule has 13 heavy (non-hydrogen) atoms. The van der Waals surface area contributed by atoms with E-state index in [0.29, 0.717) is 12.1 Å². The van der Waals surface area contributed by atoms with Crippen LogP contribution < -0.4 is 5.59 Å². The average molecular weight is 188 g/mol. The zero-order valence-electron chi connectivity index (χ0n) is 8.75. The van der Waals surface area contributed by atoms with Crippen LogP contribution in [0.5, 0.6) is 0 Å². The van der Waals surface area contributed by atoms with Gasteiger partial charge in [0.1, 0.15) is 0 Å². The second-order valence-electron chi connectivity index (χ2n) is 3.59. The molecule has 1 N–H and O–H groups in total. The average Bonchev–Trinajstić information content (AvgIpc) is 2.15. The summed E-state index contributed by atoms with van der Waals surface area (Å²) in [6.45, 7) is 4.40. The summed E-state index contributed by atoms with van der Waals surface area (Å²) < 4.78 is 0. The Bertz CT molecular complexity index is 144. The topological polar surface area (TPSA) is 33.7 Å². The van der Waals surface area contributed by atoms with Crippen molar-refractivity contribution >= 4 is 0 Å². The Labute approximate surface area is 80.0 Å². The summed E-state index contributed by atoms with van der Waals surface area (Å²) >= 11 is 0. The van der Waals surface area contributed by atoms with Crippen LogP contribution in [-0.2, 0) is 9.88 Å². The molecule has 0 spiro atoms. The molecule has 0 aromatic carbocycles. The second-order valence-corrected chi connectivity index (χ2v) is 3.59. The van der Waals surface area contributed by atoms with Crippen molar-refractivity contribution in [3.05, 3.63) is 0 Å². The lowest BCUT2D eigenvalue weighted by Crippen LogP contribution is -2.52.